The van der Waals surface area contributed by atoms with Gasteiger partial charge in [0, 0.05) is 13.5 Å². The minimum atomic E-state index is -0.760. The van der Waals surface area contributed by atoms with Gasteiger partial charge in [-0.2, -0.15) is 0 Å². The van der Waals surface area contributed by atoms with Crippen molar-refractivity contribution in [2.75, 3.05) is 33.5 Å². The number of carbonyl (C=O) groups excluding carboxylic acids is 2. The lowest BCUT2D eigenvalue weighted by atomic mass is 10.3. The topological polar surface area (TPSA) is 73.9 Å². The zero-order chi connectivity index (χ0) is 13.1. The first-order valence-corrected chi connectivity index (χ1v) is 5.62. The van der Waals surface area contributed by atoms with Gasteiger partial charge in [-0.05, 0) is 6.42 Å². The molecule has 0 saturated heterocycles. The van der Waals surface area contributed by atoms with Crippen molar-refractivity contribution in [2.24, 2.45) is 0 Å². The Morgan fingerprint density at radius 3 is 2.35 bits per heavy atom. The quantitative estimate of drug-likeness (QED) is 0.462. The van der Waals surface area contributed by atoms with Crippen LogP contribution in [0.2, 0.25) is 0 Å². The molecule has 0 bridgehead atoms. The highest BCUT2D eigenvalue weighted by Crippen LogP contribution is 1.91. The molecule has 1 atom stereocenters. The van der Waals surface area contributed by atoms with Crippen molar-refractivity contribution in [3.8, 4) is 0 Å². The molecule has 0 rings (SSSR count). The summed E-state index contributed by atoms with van der Waals surface area (Å²) in [5.41, 5.74) is 0. The highest BCUT2D eigenvalue weighted by atomic mass is 16.5. The lowest BCUT2D eigenvalue weighted by molar-refractivity contribution is -0.146. The van der Waals surface area contributed by atoms with Crippen LogP contribution in [0.15, 0.2) is 0 Å². The number of amides is 1. The van der Waals surface area contributed by atoms with Crippen LogP contribution < -0.4 is 5.32 Å². The summed E-state index contributed by atoms with van der Waals surface area (Å²) in [6.45, 7) is 4.98. The zero-order valence-electron chi connectivity index (χ0n) is 10.7. The average molecular weight is 247 g/mol. The van der Waals surface area contributed by atoms with Crippen LogP contribution in [-0.2, 0) is 23.8 Å². The molecule has 0 saturated carbocycles. The second-order valence-corrected chi connectivity index (χ2v) is 3.46. The molecule has 0 aromatic heterocycles. The molecule has 0 aliphatic carbocycles. The monoisotopic (exact) mass is 247 g/mol. The first-order valence-electron chi connectivity index (χ1n) is 5.62. The van der Waals surface area contributed by atoms with Gasteiger partial charge in [0.25, 0.3) is 0 Å². The van der Waals surface area contributed by atoms with Crippen molar-refractivity contribution >= 4 is 11.9 Å². The maximum absolute atomic E-state index is 11.3. The molecule has 0 fully saturated rings. The summed E-state index contributed by atoms with van der Waals surface area (Å²) in [7, 11) is 1.27. The summed E-state index contributed by atoms with van der Waals surface area (Å²) in [5.74, 6) is -0.819. The van der Waals surface area contributed by atoms with Crippen LogP contribution in [0, 0.1) is 0 Å². The third-order valence-electron chi connectivity index (χ3n) is 1.87. The molecule has 100 valence electrons. The molecular weight excluding hydrogens is 226 g/mol. The van der Waals surface area contributed by atoms with Crippen LogP contribution >= 0.6 is 0 Å². The van der Waals surface area contributed by atoms with E-state index >= 15 is 0 Å². The maximum atomic E-state index is 11.3. The Balaban J connectivity index is 3.76. The van der Waals surface area contributed by atoms with Crippen molar-refractivity contribution in [2.45, 2.75) is 26.3 Å². The van der Waals surface area contributed by atoms with Gasteiger partial charge in [-0.25, -0.2) is 4.79 Å². The molecular formula is C11H21NO5. The molecule has 0 spiro atoms. The fraction of sp³-hybridized carbons (Fsp3) is 0.818. The van der Waals surface area contributed by atoms with Gasteiger partial charge in [0.2, 0.25) is 5.91 Å². The number of carbonyl (C=O) groups is 2. The van der Waals surface area contributed by atoms with Crippen molar-refractivity contribution in [3.05, 3.63) is 0 Å². The summed E-state index contributed by atoms with van der Waals surface area (Å²) in [6, 6.07) is -0.760. The fourth-order valence-electron chi connectivity index (χ4n) is 1.12. The van der Waals surface area contributed by atoms with E-state index in [4.69, 9.17) is 9.47 Å². The Kier molecular flexibility index (Phi) is 9.37. The van der Waals surface area contributed by atoms with Gasteiger partial charge >= 0.3 is 5.97 Å². The molecule has 0 heterocycles. The summed E-state index contributed by atoms with van der Waals surface area (Å²) in [4.78, 5) is 22.1. The van der Waals surface area contributed by atoms with Crippen LogP contribution in [0.1, 0.15) is 20.3 Å². The molecule has 0 aliphatic heterocycles. The zero-order valence-corrected chi connectivity index (χ0v) is 10.7. The summed E-state index contributed by atoms with van der Waals surface area (Å²) < 4.78 is 15.0. The molecule has 6 nitrogen and oxygen atoms in total. The highest BCUT2D eigenvalue weighted by molar-refractivity contribution is 5.83. The van der Waals surface area contributed by atoms with E-state index in [0.717, 1.165) is 6.42 Å². The Bertz CT molecular complexity index is 232. The summed E-state index contributed by atoms with van der Waals surface area (Å²) in [5, 5.41) is 2.45. The third kappa shape index (κ3) is 8.65. The Labute approximate surface area is 102 Å². The number of hydrogen-bond donors (Lipinski definition) is 1. The molecule has 0 aromatic rings. The van der Waals surface area contributed by atoms with Crippen LogP contribution in [0.3, 0.4) is 0 Å². The predicted octanol–water partition coefficient (Wildman–Crippen LogP) is 0.107. The number of methoxy groups -OCH3 is 1. The third-order valence-corrected chi connectivity index (χ3v) is 1.87. The molecule has 1 N–H and O–H groups in total. The predicted molar refractivity (Wildman–Crippen MR) is 61.5 cm³/mol. The van der Waals surface area contributed by atoms with Crippen molar-refractivity contribution in [3.63, 3.8) is 0 Å². The standard InChI is InChI=1S/C11H21NO5/c1-4-5-16-6-7-17-8-10(11(14)15-3)12-9(2)13/h10H,4-8H2,1-3H3,(H,12,13). The van der Waals surface area contributed by atoms with E-state index in [1.54, 1.807) is 0 Å². The van der Waals surface area contributed by atoms with E-state index in [-0.39, 0.29) is 12.5 Å². The van der Waals surface area contributed by atoms with E-state index in [2.05, 4.69) is 10.1 Å². The second-order valence-electron chi connectivity index (χ2n) is 3.46. The van der Waals surface area contributed by atoms with Crippen molar-refractivity contribution < 1.29 is 23.8 Å². The number of nitrogens with one attached hydrogen (secondary N) is 1. The van der Waals surface area contributed by atoms with Crippen molar-refractivity contribution in [1.82, 2.24) is 5.32 Å². The van der Waals surface area contributed by atoms with Gasteiger partial charge in [-0.15, -0.1) is 0 Å². The van der Waals surface area contributed by atoms with E-state index in [1.807, 2.05) is 6.92 Å². The van der Waals surface area contributed by atoms with Crippen LogP contribution in [-0.4, -0.2) is 51.5 Å². The lowest BCUT2D eigenvalue weighted by Crippen LogP contribution is -2.43. The minimum Gasteiger partial charge on any atom is -0.467 e. The van der Waals surface area contributed by atoms with Crippen LogP contribution in [0.25, 0.3) is 0 Å². The smallest absolute Gasteiger partial charge is 0.330 e. The minimum absolute atomic E-state index is 0.0851. The first kappa shape index (κ1) is 15.9. The van der Waals surface area contributed by atoms with Crippen LogP contribution in [0.5, 0.6) is 0 Å². The number of esters is 1. The van der Waals surface area contributed by atoms with Gasteiger partial charge in [0.1, 0.15) is 0 Å². The lowest BCUT2D eigenvalue weighted by Gasteiger charge is -2.15. The molecule has 1 amide bonds. The van der Waals surface area contributed by atoms with E-state index in [9.17, 15) is 9.59 Å². The van der Waals surface area contributed by atoms with Gasteiger partial charge in [-0.1, -0.05) is 6.92 Å². The number of ether oxygens (including phenoxy) is 3. The van der Waals surface area contributed by atoms with Crippen molar-refractivity contribution in [1.29, 1.82) is 0 Å². The molecule has 6 heteroatoms. The van der Waals surface area contributed by atoms with E-state index in [0.29, 0.717) is 19.8 Å². The normalized spacial score (nSPS) is 11.9. The van der Waals surface area contributed by atoms with E-state index < -0.39 is 12.0 Å². The molecule has 0 aromatic carbocycles. The molecule has 17 heavy (non-hydrogen) atoms. The first-order chi connectivity index (χ1) is 8.11. The summed E-state index contributed by atoms with van der Waals surface area (Å²) >= 11 is 0. The number of hydrogen-bond acceptors (Lipinski definition) is 5. The summed E-state index contributed by atoms with van der Waals surface area (Å²) in [6.07, 6.45) is 0.955. The van der Waals surface area contributed by atoms with Gasteiger partial charge in [0.05, 0.1) is 26.9 Å². The molecule has 0 aliphatic rings. The van der Waals surface area contributed by atoms with Crippen LogP contribution in [0.4, 0.5) is 0 Å². The average Bonchev–Trinajstić information content (AvgIpc) is 2.30. The van der Waals surface area contributed by atoms with Gasteiger partial charge < -0.3 is 19.5 Å². The second kappa shape index (κ2) is 10.0. The Morgan fingerprint density at radius 2 is 1.82 bits per heavy atom. The SMILES string of the molecule is CCCOCCOCC(NC(C)=O)C(=O)OC. The highest BCUT2D eigenvalue weighted by Gasteiger charge is 2.19. The maximum Gasteiger partial charge on any atom is 0.330 e. The van der Waals surface area contributed by atoms with Gasteiger partial charge in [0.15, 0.2) is 6.04 Å². The fourth-order valence-corrected chi connectivity index (χ4v) is 1.12. The molecule has 1 unspecified atom stereocenters. The van der Waals surface area contributed by atoms with E-state index in [1.165, 1.54) is 14.0 Å². The largest absolute Gasteiger partial charge is 0.467 e. The van der Waals surface area contributed by atoms with Gasteiger partial charge in [-0.3, -0.25) is 4.79 Å². The Morgan fingerprint density at radius 1 is 1.18 bits per heavy atom. The molecule has 0 radical (unpaired) electrons. The number of rotatable bonds is 9. The Hall–Kier alpha value is -1.14.